The third-order valence-electron chi connectivity index (χ3n) is 10.7. The molecule has 0 unspecified atom stereocenters. The van der Waals surface area contributed by atoms with Crippen LogP contribution in [0.3, 0.4) is 0 Å². The maximum Gasteiger partial charge on any atom is 0.313 e. The molecular formula is C42H46ClN3O8. The van der Waals surface area contributed by atoms with Crippen LogP contribution in [-0.4, -0.2) is 84.4 Å². The second-order valence-corrected chi connectivity index (χ2v) is 14.2. The van der Waals surface area contributed by atoms with Gasteiger partial charge < -0.3 is 34.4 Å². The van der Waals surface area contributed by atoms with Crippen molar-refractivity contribution in [3.05, 3.63) is 126 Å². The molecule has 8 atom stereocenters. The molecule has 12 heteroatoms. The Morgan fingerprint density at radius 3 is 2.33 bits per heavy atom. The number of halogens is 1. The zero-order chi connectivity index (χ0) is 38.4. The van der Waals surface area contributed by atoms with Gasteiger partial charge in [0.15, 0.2) is 0 Å². The Morgan fingerprint density at radius 2 is 1.70 bits per heavy atom. The van der Waals surface area contributed by atoms with E-state index in [2.05, 4.69) is 18.5 Å². The second-order valence-electron chi connectivity index (χ2n) is 13.8. The summed E-state index contributed by atoms with van der Waals surface area (Å²) in [5.41, 5.74) is 0.235. The van der Waals surface area contributed by atoms with E-state index in [0.717, 1.165) is 0 Å². The monoisotopic (exact) mass is 755 g/mol. The van der Waals surface area contributed by atoms with Gasteiger partial charge in [0.25, 0.3) is 5.91 Å². The lowest BCUT2D eigenvalue weighted by Gasteiger charge is -2.39. The highest BCUT2D eigenvalue weighted by molar-refractivity contribution is 6.34. The number of amides is 3. The lowest BCUT2D eigenvalue weighted by atomic mass is 9.70. The van der Waals surface area contributed by atoms with Gasteiger partial charge in [0.1, 0.15) is 17.7 Å². The SMILES string of the molecule is C=CCCC(=O)N[C@@H](COC)[C@@H](OC(=O)[C@@H]1[C@@H]2CC[C@]3(O2)[C@H](C(=O)N(CC=C)c2ccccc2Cl)N([C@H](CO)c2ccccc2)C(=O)[C@@H]13)c1ccccc1. The molecule has 3 fully saturated rings. The topological polar surface area (TPSA) is 135 Å². The Balaban J connectivity index is 1.41. The van der Waals surface area contributed by atoms with Gasteiger partial charge >= 0.3 is 5.97 Å². The minimum atomic E-state index is -1.42. The number of ether oxygens (including phenoxy) is 3. The second kappa shape index (κ2) is 17.1. The lowest BCUT2D eigenvalue weighted by molar-refractivity contribution is -0.163. The number of likely N-dealkylation sites (tertiary alicyclic amines) is 1. The largest absolute Gasteiger partial charge is 0.455 e. The van der Waals surface area contributed by atoms with Crippen molar-refractivity contribution < 1.29 is 38.5 Å². The summed E-state index contributed by atoms with van der Waals surface area (Å²) in [6.45, 7) is 7.18. The molecule has 3 amide bonds. The Kier molecular flexibility index (Phi) is 12.3. The van der Waals surface area contributed by atoms with Crippen molar-refractivity contribution >= 4 is 41.0 Å². The first-order chi connectivity index (χ1) is 26.2. The van der Waals surface area contributed by atoms with Crippen molar-refractivity contribution in [1.29, 1.82) is 0 Å². The van der Waals surface area contributed by atoms with E-state index in [4.69, 9.17) is 25.8 Å². The maximum absolute atomic E-state index is 15.1. The molecule has 0 aromatic heterocycles. The number of nitrogens with zero attached hydrogens (tertiary/aromatic N) is 2. The van der Waals surface area contributed by atoms with E-state index < -0.39 is 72.2 Å². The van der Waals surface area contributed by atoms with Gasteiger partial charge in [0.2, 0.25) is 11.8 Å². The predicted molar refractivity (Wildman–Crippen MR) is 203 cm³/mol. The van der Waals surface area contributed by atoms with Crippen LogP contribution in [0.1, 0.15) is 49.0 Å². The highest BCUT2D eigenvalue weighted by Crippen LogP contribution is 2.60. The number of rotatable bonds is 17. The van der Waals surface area contributed by atoms with Crippen LogP contribution in [0.15, 0.2) is 110 Å². The van der Waals surface area contributed by atoms with Crippen LogP contribution in [0, 0.1) is 11.8 Å². The van der Waals surface area contributed by atoms with E-state index in [9.17, 15) is 14.7 Å². The Labute approximate surface area is 320 Å². The van der Waals surface area contributed by atoms with E-state index in [1.54, 1.807) is 84.9 Å². The average Bonchev–Trinajstić information content (AvgIpc) is 3.84. The number of allylic oxidation sites excluding steroid dienone is 1. The molecule has 0 saturated carbocycles. The summed E-state index contributed by atoms with van der Waals surface area (Å²) in [7, 11) is 1.49. The highest BCUT2D eigenvalue weighted by Gasteiger charge is 2.76. The van der Waals surface area contributed by atoms with E-state index >= 15 is 9.59 Å². The fourth-order valence-corrected chi connectivity index (χ4v) is 8.62. The zero-order valence-corrected chi connectivity index (χ0v) is 31.0. The van der Waals surface area contributed by atoms with Gasteiger partial charge in [0, 0.05) is 20.1 Å². The number of hydrogen-bond donors (Lipinski definition) is 2. The van der Waals surface area contributed by atoms with Gasteiger partial charge in [-0.15, -0.1) is 13.2 Å². The molecule has 11 nitrogen and oxygen atoms in total. The Bertz CT molecular complexity index is 1840. The van der Waals surface area contributed by atoms with Crippen LogP contribution in [0.5, 0.6) is 0 Å². The summed E-state index contributed by atoms with van der Waals surface area (Å²) in [4.78, 5) is 60.6. The maximum atomic E-state index is 15.1. The quantitative estimate of drug-likeness (QED) is 0.139. The van der Waals surface area contributed by atoms with Gasteiger partial charge in [0.05, 0.1) is 53.9 Å². The van der Waals surface area contributed by atoms with Crippen LogP contribution in [0.25, 0.3) is 0 Å². The molecule has 3 heterocycles. The van der Waals surface area contributed by atoms with Crippen molar-refractivity contribution in [3.8, 4) is 0 Å². The number of esters is 1. The van der Waals surface area contributed by atoms with E-state index in [1.807, 2.05) is 12.1 Å². The summed E-state index contributed by atoms with van der Waals surface area (Å²) in [6.07, 6.45) is 2.87. The number of anilines is 1. The molecule has 3 aromatic rings. The van der Waals surface area contributed by atoms with Crippen LogP contribution in [-0.2, 0) is 33.4 Å². The minimum absolute atomic E-state index is 0.0321. The van der Waals surface area contributed by atoms with E-state index in [1.165, 1.54) is 16.9 Å². The molecule has 2 bridgehead atoms. The first-order valence-electron chi connectivity index (χ1n) is 18.2. The summed E-state index contributed by atoms with van der Waals surface area (Å²) < 4.78 is 18.5. The van der Waals surface area contributed by atoms with Crippen LogP contribution in [0.4, 0.5) is 5.69 Å². The van der Waals surface area contributed by atoms with Gasteiger partial charge in [-0.3, -0.25) is 19.2 Å². The van der Waals surface area contributed by atoms with Crippen molar-refractivity contribution in [2.24, 2.45) is 11.8 Å². The molecule has 3 saturated heterocycles. The number of carbonyl (C=O) groups excluding carboxylic acids is 4. The van der Waals surface area contributed by atoms with Crippen molar-refractivity contribution in [1.82, 2.24) is 10.2 Å². The van der Waals surface area contributed by atoms with Crippen molar-refractivity contribution in [2.45, 2.75) is 61.6 Å². The summed E-state index contributed by atoms with van der Waals surface area (Å²) in [5, 5.41) is 14.2. The highest BCUT2D eigenvalue weighted by atomic mass is 35.5. The number of carbonyl (C=O) groups is 4. The fourth-order valence-electron chi connectivity index (χ4n) is 8.38. The standard InChI is InChI=1S/C42H46ClN3O8/c1-4-6-21-34(48)44-30(26-52-3)37(28-17-11-8-12-18-28)53-41(51)35-33-22-23-42(54-33)36(35)39(49)46(32(25-47)27-15-9-7-10-16-27)38(42)40(50)45(24-5-2)31-20-14-13-19-29(31)43/h4-5,7-20,30,32-33,35-38,47H,1-2,6,21-26H2,3H3,(H,44,48)/t30-,32+,33-,35+,36+,37-,38-,42+/m0/s1. The van der Waals surface area contributed by atoms with Gasteiger partial charge in [-0.25, -0.2) is 0 Å². The smallest absolute Gasteiger partial charge is 0.313 e. The van der Waals surface area contributed by atoms with Gasteiger partial charge in [-0.2, -0.15) is 0 Å². The van der Waals surface area contributed by atoms with Crippen molar-refractivity contribution in [2.75, 3.05) is 31.8 Å². The van der Waals surface area contributed by atoms with Crippen LogP contribution < -0.4 is 10.2 Å². The number of aliphatic hydroxyl groups is 1. The summed E-state index contributed by atoms with van der Waals surface area (Å²) >= 11 is 6.63. The normalized spacial score (nSPS) is 24.3. The first-order valence-corrected chi connectivity index (χ1v) is 18.6. The molecule has 284 valence electrons. The number of aliphatic hydroxyl groups excluding tert-OH is 1. The zero-order valence-electron chi connectivity index (χ0n) is 30.2. The number of benzene rings is 3. The first kappa shape index (κ1) is 38.9. The number of nitrogens with one attached hydrogen (secondary N) is 1. The molecule has 2 N–H and O–H groups in total. The molecule has 0 aliphatic carbocycles. The Hall–Kier alpha value is -4.81. The van der Waals surface area contributed by atoms with E-state index in [0.29, 0.717) is 41.1 Å². The fraction of sp³-hybridized carbons (Fsp3) is 0.381. The average molecular weight is 756 g/mol. The van der Waals surface area contributed by atoms with Crippen molar-refractivity contribution in [3.63, 3.8) is 0 Å². The molecule has 6 rings (SSSR count). The lowest BCUT2D eigenvalue weighted by Crippen LogP contribution is -2.57. The molecule has 1 spiro atoms. The van der Waals surface area contributed by atoms with Gasteiger partial charge in [-0.05, 0) is 42.5 Å². The molecule has 3 aliphatic rings. The number of fused-ring (bicyclic) bond motifs is 1. The molecule has 3 aliphatic heterocycles. The number of methoxy groups -OCH3 is 1. The molecule has 0 radical (unpaired) electrons. The molecule has 3 aromatic carbocycles. The van der Waals surface area contributed by atoms with Gasteiger partial charge in [-0.1, -0.05) is 96.5 Å². The Morgan fingerprint density at radius 1 is 1.04 bits per heavy atom. The number of para-hydroxylation sites is 1. The minimum Gasteiger partial charge on any atom is -0.455 e. The third-order valence-corrected chi connectivity index (χ3v) is 11.0. The predicted octanol–water partition coefficient (Wildman–Crippen LogP) is 5.35. The van der Waals surface area contributed by atoms with Crippen LogP contribution >= 0.6 is 11.6 Å². The summed E-state index contributed by atoms with van der Waals surface area (Å²) in [5.74, 6) is -4.13. The van der Waals surface area contributed by atoms with Crippen LogP contribution in [0.2, 0.25) is 5.02 Å². The van der Waals surface area contributed by atoms with E-state index in [-0.39, 0.29) is 25.5 Å². The molecular weight excluding hydrogens is 710 g/mol. The third kappa shape index (κ3) is 7.33. The summed E-state index contributed by atoms with van der Waals surface area (Å²) in [6, 6.07) is 22.0. The number of hydrogen-bond acceptors (Lipinski definition) is 8. The molecule has 54 heavy (non-hydrogen) atoms.